The number of carbonyl (C=O) groups is 2. The quantitative estimate of drug-likeness (QED) is 0.690. The lowest BCUT2D eigenvalue weighted by Gasteiger charge is -2.12. The molecule has 6 heteroatoms. The van der Waals surface area contributed by atoms with Gasteiger partial charge in [0, 0.05) is 11.4 Å². The number of carbonyl (C=O) groups excluding carboxylic acids is 2. The zero-order chi connectivity index (χ0) is 16.2. The fraction of sp³-hybridized carbons (Fsp3) is 0.353. The first-order chi connectivity index (χ1) is 11.1. The molecule has 2 aromatic rings. The number of nitrogens with zero attached hydrogens (tertiary/aromatic N) is 1. The summed E-state index contributed by atoms with van der Waals surface area (Å²) in [6.07, 6.45) is 4.28. The minimum absolute atomic E-state index is 0.220. The Balaban J connectivity index is 1.59. The number of hydrogen-bond donors (Lipinski definition) is 1. The maximum absolute atomic E-state index is 12.0. The van der Waals surface area contributed by atoms with E-state index in [0.717, 1.165) is 31.1 Å². The van der Waals surface area contributed by atoms with Crippen LogP contribution in [0.5, 0.6) is 0 Å². The van der Waals surface area contributed by atoms with Gasteiger partial charge >= 0.3 is 5.97 Å². The van der Waals surface area contributed by atoms with Gasteiger partial charge < -0.3 is 10.1 Å². The van der Waals surface area contributed by atoms with Crippen LogP contribution < -0.4 is 5.32 Å². The summed E-state index contributed by atoms with van der Waals surface area (Å²) in [5, 5.41) is 4.07. The largest absolute Gasteiger partial charge is 0.452 e. The monoisotopic (exact) mass is 332 g/mol. The first-order valence-electron chi connectivity index (χ1n) is 7.64. The zero-order valence-corrected chi connectivity index (χ0v) is 13.3. The van der Waals surface area contributed by atoms with Crippen LogP contribution >= 0.6 is 11.6 Å². The number of aromatic nitrogens is 1. The molecule has 1 saturated carbocycles. The van der Waals surface area contributed by atoms with Gasteiger partial charge in [-0.25, -0.2) is 9.78 Å². The molecule has 1 aliphatic rings. The van der Waals surface area contributed by atoms with Crippen LogP contribution in [-0.2, 0) is 9.53 Å². The summed E-state index contributed by atoms with van der Waals surface area (Å²) in [7, 11) is 0. The van der Waals surface area contributed by atoms with E-state index in [2.05, 4.69) is 10.3 Å². The average molecular weight is 333 g/mol. The van der Waals surface area contributed by atoms with Crippen molar-refractivity contribution in [1.82, 2.24) is 10.3 Å². The standard InChI is InChI=1S/C17H17ClN2O3/c18-15-8-6-11-9-12(5-7-14(11)20-15)17(22)23-10-16(21)19-13-3-1-2-4-13/h5-9,13H,1-4,10H2,(H,19,21). The number of nitrogens with one attached hydrogen (secondary N) is 1. The van der Waals surface area contributed by atoms with Gasteiger partial charge in [0.25, 0.3) is 5.91 Å². The zero-order valence-electron chi connectivity index (χ0n) is 12.5. The smallest absolute Gasteiger partial charge is 0.338 e. The van der Waals surface area contributed by atoms with Crippen LogP contribution in [0.2, 0.25) is 5.15 Å². The third-order valence-electron chi connectivity index (χ3n) is 3.95. The van der Waals surface area contributed by atoms with Crippen LogP contribution in [0.1, 0.15) is 36.0 Å². The number of fused-ring (bicyclic) bond motifs is 1. The molecule has 3 rings (SSSR count). The lowest BCUT2D eigenvalue weighted by molar-refractivity contribution is -0.124. The maximum atomic E-state index is 12.0. The van der Waals surface area contributed by atoms with Crippen molar-refractivity contribution in [3.8, 4) is 0 Å². The van der Waals surface area contributed by atoms with Crippen molar-refractivity contribution >= 4 is 34.4 Å². The Morgan fingerprint density at radius 3 is 2.78 bits per heavy atom. The number of amides is 1. The maximum Gasteiger partial charge on any atom is 0.338 e. The number of esters is 1. The third-order valence-corrected chi connectivity index (χ3v) is 4.16. The molecule has 1 fully saturated rings. The summed E-state index contributed by atoms with van der Waals surface area (Å²) < 4.78 is 5.08. The topological polar surface area (TPSA) is 68.3 Å². The van der Waals surface area contributed by atoms with Crippen molar-refractivity contribution in [2.75, 3.05) is 6.61 Å². The molecule has 5 nitrogen and oxygen atoms in total. The van der Waals surface area contributed by atoms with Crippen molar-refractivity contribution in [2.45, 2.75) is 31.7 Å². The molecule has 0 atom stereocenters. The van der Waals surface area contributed by atoms with Crippen LogP contribution in [0, 0.1) is 0 Å². The van der Waals surface area contributed by atoms with E-state index in [1.807, 2.05) is 0 Å². The van der Waals surface area contributed by atoms with Gasteiger partial charge in [-0.3, -0.25) is 4.79 Å². The van der Waals surface area contributed by atoms with E-state index >= 15 is 0 Å². The van der Waals surface area contributed by atoms with Gasteiger partial charge in [0.1, 0.15) is 5.15 Å². The summed E-state index contributed by atoms with van der Waals surface area (Å²) in [6.45, 7) is -0.258. The van der Waals surface area contributed by atoms with Gasteiger partial charge in [-0.1, -0.05) is 24.4 Å². The molecule has 0 radical (unpaired) electrons. The summed E-state index contributed by atoms with van der Waals surface area (Å²) in [6, 6.07) is 8.66. The van der Waals surface area contributed by atoms with E-state index in [9.17, 15) is 9.59 Å². The van der Waals surface area contributed by atoms with E-state index in [4.69, 9.17) is 16.3 Å². The highest BCUT2D eigenvalue weighted by Gasteiger charge is 2.18. The van der Waals surface area contributed by atoms with E-state index in [0.29, 0.717) is 16.2 Å². The molecule has 0 saturated heterocycles. The van der Waals surface area contributed by atoms with E-state index < -0.39 is 5.97 Å². The van der Waals surface area contributed by atoms with Gasteiger partial charge in [0.15, 0.2) is 6.61 Å². The number of halogens is 1. The number of benzene rings is 1. The van der Waals surface area contributed by atoms with Gasteiger partial charge in [-0.05, 0) is 43.2 Å². The SMILES string of the molecule is O=C(COC(=O)c1ccc2nc(Cl)ccc2c1)NC1CCCC1. The molecular weight excluding hydrogens is 316 g/mol. The Morgan fingerprint density at radius 2 is 2.00 bits per heavy atom. The molecule has 0 spiro atoms. The molecule has 23 heavy (non-hydrogen) atoms. The van der Waals surface area contributed by atoms with Crippen molar-refractivity contribution in [2.24, 2.45) is 0 Å². The van der Waals surface area contributed by atoms with Crippen molar-refractivity contribution < 1.29 is 14.3 Å². The molecule has 0 bridgehead atoms. The second-order valence-corrected chi connectivity index (χ2v) is 6.05. The molecule has 1 aromatic heterocycles. The average Bonchev–Trinajstić information content (AvgIpc) is 3.05. The number of hydrogen-bond acceptors (Lipinski definition) is 4. The number of rotatable bonds is 4. The van der Waals surface area contributed by atoms with E-state index in [-0.39, 0.29) is 18.6 Å². The van der Waals surface area contributed by atoms with Crippen LogP contribution in [0.25, 0.3) is 10.9 Å². The summed E-state index contributed by atoms with van der Waals surface area (Å²) in [4.78, 5) is 28.0. The van der Waals surface area contributed by atoms with Crippen molar-refractivity contribution in [1.29, 1.82) is 0 Å². The summed E-state index contributed by atoms with van der Waals surface area (Å²) >= 11 is 5.83. The Morgan fingerprint density at radius 1 is 1.22 bits per heavy atom. The Hall–Kier alpha value is -2.14. The Kier molecular flexibility index (Phi) is 4.76. The Labute approximate surface area is 139 Å². The molecule has 1 amide bonds. The van der Waals surface area contributed by atoms with Crippen molar-refractivity contribution in [3.63, 3.8) is 0 Å². The van der Waals surface area contributed by atoms with Crippen molar-refractivity contribution in [3.05, 3.63) is 41.0 Å². The van der Waals surface area contributed by atoms with Crippen LogP contribution in [0.15, 0.2) is 30.3 Å². The molecule has 120 valence electrons. The molecule has 1 aromatic carbocycles. The highest BCUT2D eigenvalue weighted by Crippen LogP contribution is 2.18. The first kappa shape index (κ1) is 15.7. The minimum Gasteiger partial charge on any atom is -0.452 e. The highest BCUT2D eigenvalue weighted by molar-refractivity contribution is 6.29. The fourth-order valence-corrected chi connectivity index (χ4v) is 2.94. The molecule has 1 aliphatic carbocycles. The summed E-state index contributed by atoms with van der Waals surface area (Å²) in [5.41, 5.74) is 1.09. The van der Waals surface area contributed by atoms with Gasteiger partial charge in [-0.15, -0.1) is 0 Å². The van der Waals surface area contributed by atoms with Crippen LogP contribution in [0.4, 0.5) is 0 Å². The van der Waals surface area contributed by atoms with E-state index in [1.54, 1.807) is 30.3 Å². The summed E-state index contributed by atoms with van der Waals surface area (Å²) in [5.74, 6) is -0.775. The van der Waals surface area contributed by atoms with Crippen LogP contribution in [-0.4, -0.2) is 29.5 Å². The first-order valence-corrected chi connectivity index (χ1v) is 8.02. The molecule has 0 aliphatic heterocycles. The second-order valence-electron chi connectivity index (χ2n) is 5.67. The van der Waals surface area contributed by atoms with Crippen LogP contribution in [0.3, 0.4) is 0 Å². The minimum atomic E-state index is -0.525. The molecule has 1 N–H and O–H groups in total. The predicted molar refractivity (Wildman–Crippen MR) is 87.4 cm³/mol. The third kappa shape index (κ3) is 3.99. The van der Waals surface area contributed by atoms with E-state index in [1.165, 1.54) is 0 Å². The number of pyridine rings is 1. The van der Waals surface area contributed by atoms with Gasteiger partial charge in [-0.2, -0.15) is 0 Å². The van der Waals surface area contributed by atoms with Gasteiger partial charge in [0.05, 0.1) is 11.1 Å². The predicted octanol–water partition coefficient (Wildman–Crippen LogP) is 3.10. The molecule has 1 heterocycles. The highest BCUT2D eigenvalue weighted by atomic mass is 35.5. The fourth-order valence-electron chi connectivity index (χ4n) is 2.78. The molecular formula is C17H17ClN2O3. The van der Waals surface area contributed by atoms with Gasteiger partial charge in [0.2, 0.25) is 0 Å². The molecule has 0 unspecified atom stereocenters. The lowest BCUT2D eigenvalue weighted by atomic mass is 10.1. The second kappa shape index (κ2) is 6.96. The normalized spacial score (nSPS) is 14.8. The lowest BCUT2D eigenvalue weighted by Crippen LogP contribution is -2.35. The Bertz CT molecular complexity index is 742. The number of ether oxygens (including phenoxy) is 1.